The number of amides is 2. The molecule has 0 unspecified atom stereocenters. The van der Waals surface area contributed by atoms with Crippen molar-refractivity contribution in [3.05, 3.63) is 59.2 Å². The van der Waals surface area contributed by atoms with Crippen molar-refractivity contribution < 1.29 is 9.59 Å². The van der Waals surface area contributed by atoms with Crippen molar-refractivity contribution in [1.82, 2.24) is 4.90 Å². The van der Waals surface area contributed by atoms with Gasteiger partial charge in [0.15, 0.2) is 0 Å². The second-order valence-electron chi connectivity index (χ2n) is 6.80. The normalized spacial score (nSPS) is 10.4. The van der Waals surface area contributed by atoms with Gasteiger partial charge in [-0.05, 0) is 49.9 Å². The molecule has 0 saturated carbocycles. The molecule has 27 heavy (non-hydrogen) atoms. The molecule has 5 nitrogen and oxygen atoms in total. The lowest BCUT2D eigenvalue weighted by Crippen LogP contribution is -2.41. The number of nitrogens with one attached hydrogen (secondary N) is 2. The third-order valence-corrected chi connectivity index (χ3v) is 4.50. The fraction of sp³-hybridized carbons (Fsp3) is 0.364. The number of nitrogens with zero attached hydrogens (tertiary/aromatic N) is 1. The number of carbonyl (C=O) groups is 2. The number of rotatable bonds is 8. The van der Waals surface area contributed by atoms with E-state index in [0.29, 0.717) is 6.54 Å². The summed E-state index contributed by atoms with van der Waals surface area (Å²) < 4.78 is 0. The van der Waals surface area contributed by atoms with Crippen molar-refractivity contribution in [3.8, 4) is 0 Å². The first-order valence-corrected chi connectivity index (χ1v) is 9.35. The van der Waals surface area contributed by atoms with E-state index in [-0.39, 0.29) is 24.9 Å². The molecule has 2 amide bonds. The number of carbonyl (C=O) groups excluding carboxylic acids is 2. The molecule has 0 atom stereocenters. The summed E-state index contributed by atoms with van der Waals surface area (Å²) >= 11 is 0. The van der Waals surface area contributed by atoms with Crippen molar-refractivity contribution >= 4 is 23.2 Å². The van der Waals surface area contributed by atoms with Crippen LogP contribution in [0.3, 0.4) is 0 Å². The van der Waals surface area contributed by atoms with Gasteiger partial charge in [0.2, 0.25) is 11.8 Å². The Balaban J connectivity index is 1.98. The number of aryl methyl sites for hydroxylation is 3. The summed E-state index contributed by atoms with van der Waals surface area (Å²) in [6.45, 7) is 8.74. The summed E-state index contributed by atoms with van der Waals surface area (Å²) in [5, 5.41) is 6.12. The molecule has 0 aliphatic rings. The first-order valence-electron chi connectivity index (χ1n) is 9.35. The smallest absolute Gasteiger partial charge is 0.244 e. The molecule has 2 aromatic carbocycles. The minimum Gasteiger partial charge on any atom is -0.376 e. The summed E-state index contributed by atoms with van der Waals surface area (Å²) in [5.74, 6) is -0.266. The Hall–Kier alpha value is -2.82. The van der Waals surface area contributed by atoms with Gasteiger partial charge in [0.25, 0.3) is 0 Å². The van der Waals surface area contributed by atoms with E-state index < -0.39 is 0 Å². The largest absolute Gasteiger partial charge is 0.376 e. The van der Waals surface area contributed by atoms with E-state index in [1.54, 1.807) is 4.90 Å². The van der Waals surface area contributed by atoms with E-state index >= 15 is 0 Å². The van der Waals surface area contributed by atoms with Crippen LogP contribution in [0.1, 0.15) is 30.0 Å². The molecule has 0 spiro atoms. The van der Waals surface area contributed by atoms with Crippen molar-refractivity contribution in [2.24, 2.45) is 0 Å². The van der Waals surface area contributed by atoms with Crippen LogP contribution in [-0.4, -0.2) is 36.3 Å². The summed E-state index contributed by atoms with van der Waals surface area (Å²) in [6, 6.07) is 13.6. The van der Waals surface area contributed by atoms with E-state index in [0.717, 1.165) is 34.5 Å². The first-order chi connectivity index (χ1) is 12.9. The Morgan fingerprint density at radius 2 is 1.56 bits per heavy atom. The SMILES string of the molecule is CCCN(CC(=O)Nc1ccccc1C)C(=O)CNc1c(C)cccc1C. The highest BCUT2D eigenvalue weighted by atomic mass is 16.2. The van der Waals surface area contributed by atoms with E-state index in [9.17, 15) is 9.59 Å². The van der Waals surface area contributed by atoms with Crippen LogP contribution in [-0.2, 0) is 9.59 Å². The van der Waals surface area contributed by atoms with Gasteiger partial charge in [-0.25, -0.2) is 0 Å². The van der Waals surface area contributed by atoms with Crippen LogP contribution in [0.15, 0.2) is 42.5 Å². The maximum atomic E-state index is 12.7. The number of anilines is 2. The summed E-state index contributed by atoms with van der Waals surface area (Å²) in [4.78, 5) is 26.7. The number of hydrogen-bond acceptors (Lipinski definition) is 3. The molecular formula is C22H29N3O2. The summed E-state index contributed by atoms with van der Waals surface area (Å²) in [7, 11) is 0. The van der Waals surface area contributed by atoms with Crippen LogP contribution in [0, 0.1) is 20.8 Å². The van der Waals surface area contributed by atoms with Gasteiger partial charge in [-0.1, -0.05) is 43.3 Å². The van der Waals surface area contributed by atoms with Crippen LogP contribution in [0.25, 0.3) is 0 Å². The molecule has 144 valence electrons. The molecular weight excluding hydrogens is 338 g/mol. The molecule has 0 bridgehead atoms. The van der Waals surface area contributed by atoms with Gasteiger partial charge >= 0.3 is 0 Å². The lowest BCUT2D eigenvalue weighted by molar-refractivity contribution is -0.133. The highest BCUT2D eigenvalue weighted by Crippen LogP contribution is 2.19. The monoisotopic (exact) mass is 367 g/mol. The predicted molar refractivity (Wildman–Crippen MR) is 111 cm³/mol. The molecule has 2 N–H and O–H groups in total. The molecule has 2 aromatic rings. The molecule has 0 radical (unpaired) electrons. The second-order valence-corrected chi connectivity index (χ2v) is 6.80. The zero-order valence-electron chi connectivity index (χ0n) is 16.6. The van der Waals surface area contributed by atoms with Crippen LogP contribution < -0.4 is 10.6 Å². The molecule has 2 rings (SSSR count). The Morgan fingerprint density at radius 1 is 0.926 bits per heavy atom. The molecule has 0 fully saturated rings. The van der Waals surface area contributed by atoms with Gasteiger partial charge in [0.05, 0.1) is 13.1 Å². The quantitative estimate of drug-likeness (QED) is 0.744. The minimum atomic E-state index is -0.182. The molecule has 5 heteroatoms. The molecule has 0 aliphatic heterocycles. The van der Waals surface area contributed by atoms with Gasteiger partial charge in [-0.2, -0.15) is 0 Å². The fourth-order valence-electron chi connectivity index (χ4n) is 3.01. The molecule has 0 aromatic heterocycles. The van der Waals surface area contributed by atoms with Gasteiger partial charge in [-0.3, -0.25) is 9.59 Å². The van der Waals surface area contributed by atoms with Gasteiger partial charge in [0, 0.05) is 17.9 Å². The standard InChI is InChI=1S/C22H29N3O2/c1-5-13-25(15-20(26)24-19-12-7-6-9-16(19)2)21(27)14-23-22-17(3)10-8-11-18(22)4/h6-12,23H,5,13-15H2,1-4H3,(H,24,26). The average molecular weight is 367 g/mol. The summed E-state index contributed by atoms with van der Waals surface area (Å²) in [5.41, 5.74) is 4.95. The van der Waals surface area contributed by atoms with E-state index in [4.69, 9.17) is 0 Å². The lowest BCUT2D eigenvalue weighted by Gasteiger charge is -2.23. The molecule has 0 saturated heterocycles. The fourth-order valence-corrected chi connectivity index (χ4v) is 3.01. The molecule has 0 heterocycles. The topological polar surface area (TPSA) is 61.4 Å². The number of hydrogen-bond donors (Lipinski definition) is 2. The first kappa shape index (κ1) is 20.5. The van der Waals surface area contributed by atoms with Gasteiger partial charge in [-0.15, -0.1) is 0 Å². The number of para-hydroxylation sites is 2. The summed E-state index contributed by atoms with van der Waals surface area (Å²) in [6.07, 6.45) is 0.798. The lowest BCUT2D eigenvalue weighted by atomic mass is 10.1. The Bertz CT molecular complexity index is 782. The Morgan fingerprint density at radius 3 is 2.19 bits per heavy atom. The van der Waals surface area contributed by atoms with E-state index in [1.165, 1.54) is 0 Å². The van der Waals surface area contributed by atoms with Crippen molar-refractivity contribution in [2.75, 3.05) is 30.3 Å². The highest BCUT2D eigenvalue weighted by molar-refractivity contribution is 5.95. The zero-order chi connectivity index (χ0) is 19.8. The van der Waals surface area contributed by atoms with E-state index in [2.05, 4.69) is 10.6 Å². The van der Waals surface area contributed by atoms with Crippen LogP contribution in [0.5, 0.6) is 0 Å². The van der Waals surface area contributed by atoms with Gasteiger partial charge < -0.3 is 15.5 Å². The third kappa shape index (κ3) is 5.84. The zero-order valence-corrected chi connectivity index (χ0v) is 16.6. The van der Waals surface area contributed by atoms with Crippen LogP contribution in [0.2, 0.25) is 0 Å². The van der Waals surface area contributed by atoms with Crippen LogP contribution >= 0.6 is 0 Å². The van der Waals surface area contributed by atoms with Crippen molar-refractivity contribution in [2.45, 2.75) is 34.1 Å². The third-order valence-electron chi connectivity index (χ3n) is 4.50. The van der Waals surface area contributed by atoms with Crippen molar-refractivity contribution in [1.29, 1.82) is 0 Å². The highest BCUT2D eigenvalue weighted by Gasteiger charge is 2.17. The second kappa shape index (κ2) is 9.76. The number of benzene rings is 2. The maximum Gasteiger partial charge on any atom is 0.244 e. The average Bonchev–Trinajstić information content (AvgIpc) is 2.62. The minimum absolute atomic E-state index is 0.0510. The van der Waals surface area contributed by atoms with Gasteiger partial charge in [0.1, 0.15) is 0 Å². The Kier molecular flexibility index (Phi) is 7.41. The Labute approximate surface area is 161 Å². The van der Waals surface area contributed by atoms with E-state index in [1.807, 2.05) is 70.2 Å². The van der Waals surface area contributed by atoms with Crippen LogP contribution in [0.4, 0.5) is 11.4 Å². The molecule has 0 aliphatic carbocycles. The maximum absolute atomic E-state index is 12.7. The van der Waals surface area contributed by atoms with Crippen molar-refractivity contribution in [3.63, 3.8) is 0 Å². The predicted octanol–water partition coefficient (Wildman–Crippen LogP) is 3.90.